The fraction of sp³-hybridized carbons (Fsp3) is 0.600. The lowest BCUT2D eigenvalue weighted by Crippen LogP contribution is -2.57. The number of nitrogens with two attached hydrogens (primary N) is 1. The summed E-state index contributed by atoms with van der Waals surface area (Å²) < 4.78 is 62.3. The van der Waals surface area contributed by atoms with Crippen LogP contribution in [-0.2, 0) is 42.2 Å². The molecule has 5 aliphatic rings. The Bertz CT molecular complexity index is 1510. The smallest absolute Gasteiger partial charge is 0.410 e. The van der Waals surface area contributed by atoms with Crippen LogP contribution in [0.25, 0.3) is 0 Å². The molecular formula is C30H37F2N5O7S. The zero-order chi connectivity index (χ0) is 32.1. The molecule has 2 aliphatic carbocycles. The highest BCUT2D eigenvalue weighted by molar-refractivity contribution is 7.91. The molecule has 1 aromatic rings. The second-order valence-electron chi connectivity index (χ2n) is 12.8. The lowest BCUT2D eigenvalue weighted by Gasteiger charge is -2.28. The number of rotatable bonds is 4. The van der Waals surface area contributed by atoms with E-state index in [0.717, 1.165) is 16.0 Å². The van der Waals surface area contributed by atoms with Crippen LogP contribution in [0.5, 0.6) is 0 Å². The second kappa shape index (κ2) is 11.6. The molecule has 244 valence electrons. The summed E-state index contributed by atoms with van der Waals surface area (Å²) in [5.74, 6) is -6.18. The highest BCUT2D eigenvalue weighted by Crippen LogP contribution is 2.46. The molecule has 12 nitrogen and oxygen atoms in total. The van der Waals surface area contributed by atoms with Crippen LogP contribution in [0.15, 0.2) is 36.4 Å². The number of amides is 4. The van der Waals surface area contributed by atoms with Gasteiger partial charge in [-0.25, -0.2) is 22.0 Å². The zero-order valence-electron chi connectivity index (χ0n) is 24.6. The van der Waals surface area contributed by atoms with Gasteiger partial charge in [-0.05, 0) is 43.2 Å². The van der Waals surface area contributed by atoms with Gasteiger partial charge in [-0.1, -0.05) is 36.4 Å². The van der Waals surface area contributed by atoms with Gasteiger partial charge in [-0.2, -0.15) is 0 Å². The van der Waals surface area contributed by atoms with Gasteiger partial charge in [-0.3, -0.25) is 24.0 Å². The number of halogens is 2. The highest BCUT2D eigenvalue weighted by atomic mass is 32.2. The number of nitrogens with one attached hydrogen (secondary N) is 2. The van der Waals surface area contributed by atoms with Crippen LogP contribution in [0.2, 0.25) is 0 Å². The number of ether oxygens (including phenoxy) is 1. The van der Waals surface area contributed by atoms with Crippen LogP contribution in [-0.4, -0.2) is 83.5 Å². The van der Waals surface area contributed by atoms with Gasteiger partial charge in [0.15, 0.2) is 0 Å². The molecule has 3 aliphatic heterocycles. The molecule has 3 heterocycles. The predicted octanol–water partition coefficient (Wildman–Crippen LogP) is 1.68. The van der Waals surface area contributed by atoms with E-state index in [1.54, 1.807) is 6.08 Å². The van der Waals surface area contributed by atoms with Crippen molar-refractivity contribution in [3.8, 4) is 0 Å². The minimum absolute atomic E-state index is 0.0252. The topological polar surface area (TPSA) is 168 Å². The van der Waals surface area contributed by atoms with Gasteiger partial charge >= 0.3 is 6.09 Å². The van der Waals surface area contributed by atoms with Gasteiger partial charge in [0.1, 0.15) is 17.7 Å². The van der Waals surface area contributed by atoms with Crippen molar-refractivity contribution in [3.05, 3.63) is 47.5 Å². The molecule has 3 fully saturated rings. The fourth-order valence-corrected chi connectivity index (χ4v) is 7.77. The summed E-state index contributed by atoms with van der Waals surface area (Å²) in [6.07, 6.45) is 0.753. The Labute approximate surface area is 259 Å². The summed E-state index contributed by atoms with van der Waals surface area (Å²) in [7, 11) is -3.95. The Morgan fingerprint density at radius 1 is 1.07 bits per heavy atom. The molecule has 4 amide bonds. The monoisotopic (exact) mass is 649 g/mol. The molecule has 1 aromatic carbocycles. The molecule has 0 bridgehead atoms. The van der Waals surface area contributed by atoms with Gasteiger partial charge in [-0.15, -0.1) is 0 Å². The maximum atomic E-state index is 14.6. The Kier molecular flexibility index (Phi) is 8.13. The Morgan fingerprint density at radius 2 is 1.76 bits per heavy atom. The van der Waals surface area contributed by atoms with Crippen LogP contribution in [0.4, 0.5) is 13.6 Å². The van der Waals surface area contributed by atoms with Gasteiger partial charge in [0.25, 0.3) is 5.91 Å². The third-order valence-corrected chi connectivity index (χ3v) is 11.2. The van der Waals surface area contributed by atoms with E-state index in [0.29, 0.717) is 25.9 Å². The van der Waals surface area contributed by atoms with E-state index >= 15 is 0 Å². The number of carbonyl (C=O) groups excluding carboxylic acids is 4. The minimum atomic E-state index is -3.95. The largest absolute Gasteiger partial charge is 0.444 e. The molecule has 2 saturated carbocycles. The van der Waals surface area contributed by atoms with Crippen LogP contribution in [0, 0.1) is 5.92 Å². The first-order valence-corrected chi connectivity index (χ1v) is 16.8. The lowest BCUT2D eigenvalue weighted by atomic mass is 10.0. The molecular weight excluding hydrogens is 612 g/mol. The van der Waals surface area contributed by atoms with Crippen LogP contribution in [0.3, 0.4) is 0 Å². The maximum absolute atomic E-state index is 14.6. The predicted molar refractivity (Wildman–Crippen MR) is 156 cm³/mol. The number of hydrogen-bond donors (Lipinski definition) is 3. The number of nitrogens with zero attached hydrogens (tertiary/aromatic N) is 2. The number of benzene rings is 1. The Hall–Kier alpha value is -3.59. The number of hydrogen-bond acceptors (Lipinski definition) is 8. The van der Waals surface area contributed by atoms with E-state index in [9.17, 15) is 36.4 Å². The van der Waals surface area contributed by atoms with Gasteiger partial charge in [0.05, 0.1) is 17.8 Å². The second-order valence-corrected chi connectivity index (χ2v) is 14.7. The van der Waals surface area contributed by atoms with Gasteiger partial charge in [0.2, 0.25) is 27.8 Å². The van der Waals surface area contributed by atoms with Gasteiger partial charge in [0, 0.05) is 38.3 Å². The van der Waals surface area contributed by atoms with E-state index < -0.39 is 87.5 Å². The van der Waals surface area contributed by atoms with Crippen molar-refractivity contribution >= 4 is 33.8 Å². The van der Waals surface area contributed by atoms with Crippen molar-refractivity contribution in [2.75, 3.05) is 6.54 Å². The standard InChI is InChI=1S/C30H37F2N5O7S/c31-29(32)11-4-3-7-20-14-30(20,27(40)35-45(42,43)22-8-9-22)34-25(38)24-13-21(17-37(24)26(39)23(33)10-12-29)44-28(41)36-15-18-5-1-2-6-19(18)16-36/h1-3,5-7,20-24H,4,8-17,33H2,(H,34,38)(H,35,40)/b7-3-/t20-,21-,23+,24+,30-/m1/s1. The summed E-state index contributed by atoms with van der Waals surface area (Å²) in [4.78, 5) is 56.4. The van der Waals surface area contributed by atoms with E-state index in [-0.39, 0.29) is 32.2 Å². The molecule has 0 unspecified atom stereocenters. The summed E-state index contributed by atoms with van der Waals surface area (Å²) in [5, 5.41) is 2.00. The molecule has 0 aromatic heterocycles. The molecule has 45 heavy (non-hydrogen) atoms. The van der Waals surface area contributed by atoms with Crippen molar-refractivity contribution in [1.82, 2.24) is 19.8 Å². The van der Waals surface area contributed by atoms with Crippen molar-refractivity contribution in [3.63, 3.8) is 0 Å². The first kappa shape index (κ1) is 31.4. The van der Waals surface area contributed by atoms with Crippen molar-refractivity contribution in [2.24, 2.45) is 11.7 Å². The van der Waals surface area contributed by atoms with Gasteiger partial charge < -0.3 is 20.7 Å². The normalized spacial score (nSPS) is 32.2. The first-order valence-electron chi connectivity index (χ1n) is 15.3. The van der Waals surface area contributed by atoms with E-state index in [2.05, 4.69) is 10.0 Å². The Balaban J connectivity index is 1.23. The maximum Gasteiger partial charge on any atom is 0.410 e. The number of sulfonamides is 1. The summed E-state index contributed by atoms with van der Waals surface area (Å²) >= 11 is 0. The van der Waals surface area contributed by atoms with Crippen LogP contribution in [0.1, 0.15) is 62.5 Å². The molecule has 6 rings (SSSR count). The summed E-state index contributed by atoms with van der Waals surface area (Å²) in [5.41, 5.74) is 6.38. The van der Waals surface area contributed by atoms with E-state index in [1.165, 1.54) is 11.0 Å². The molecule has 5 atom stereocenters. The SMILES string of the molecule is N[C@H]1CCC(F)(F)CC/C=C\[C@@H]2C[C@@]2(C(=O)NS(=O)(=O)C2CC2)NC(=O)[C@@H]2C[C@@H](OC(=O)N3Cc4ccccc4C3)CN2C1=O. The molecule has 1 saturated heterocycles. The minimum Gasteiger partial charge on any atom is -0.444 e. The highest BCUT2D eigenvalue weighted by Gasteiger charge is 2.62. The zero-order valence-corrected chi connectivity index (χ0v) is 25.4. The molecule has 0 spiro atoms. The average Bonchev–Trinajstić information content (AvgIpc) is 3.87. The number of allylic oxidation sites excluding steroid dienone is 1. The summed E-state index contributed by atoms with van der Waals surface area (Å²) in [6.45, 7) is 0.472. The molecule has 15 heteroatoms. The number of fused-ring (bicyclic) bond motifs is 3. The molecule has 0 radical (unpaired) electrons. The van der Waals surface area contributed by atoms with Crippen LogP contribution >= 0.6 is 0 Å². The lowest BCUT2D eigenvalue weighted by molar-refractivity contribution is -0.141. The van der Waals surface area contributed by atoms with Crippen molar-refractivity contribution in [2.45, 2.75) is 99.4 Å². The fourth-order valence-electron chi connectivity index (χ4n) is 6.40. The number of carbonyl (C=O) groups is 4. The van der Waals surface area contributed by atoms with E-state index in [4.69, 9.17) is 10.5 Å². The Morgan fingerprint density at radius 3 is 2.42 bits per heavy atom. The van der Waals surface area contributed by atoms with Crippen LogP contribution < -0.4 is 15.8 Å². The third-order valence-electron chi connectivity index (χ3n) is 9.36. The summed E-state index contributed by atoms with van der Waals surface area (Å²) in [6, 6.07) is 4.97. The average molecular weight is 650 g/mol. The first-order chi connectivity index (χ1) is 21.3. The quantitative estimate of drug-likeness (QED) is 0.414. The van der Waals surface area contributed by atoms with Crippen molar-refractivity contribution in [1.29, 1.82) is 0 Å². The van der Waals surface area contributed by atoms with Crippen molar-refractivity contribution < 1.29 is 41.1 Å². The number of alkyl halides is 2. The third kappa shape index (κ3) is 6.55. The molecule has 4 N–H and O–H groups in total. The van der Waals surface area contributed by atoms with E-state index in [1.807, 2.05) is 24.3 Å².